The summed E-state index contributed by atoms with van der Waals surface area (Å²) >= 11 is 0. The maximum absolute atomic E-state index is 6.81. The predicted molar refractivity (Wildman–Crippen MR) is 218 cm³/mol. The SMILES string of the molecule is CC(C)c1cc(-c2ccccc2)cc(C(C)C)c1-n1c(-c2cccc3c2oc2ccc(-c4ccccc4-c4ccccc4)cc23)nc2ccccc21. The van der Waals surface area contributed by atoms with Crippen molar-refractivity contribution >= 4 is 33.0 Å². The molecule has 0 aliphatic heterocycles. The first kappa shape index (κ1) is 31.8. The van der Waals surface area contributed by atoms with Crippen molar-refractivity contribution in [3.8, 4) is 50.5 Å². The third kappa shape index (κ3) is 5.32. The smallest absolute Gasteiger partial charge is 0.149 e. The van der Waals surface area contributed by atoms with Crippen LogP contribution in [0.25, 0.3) is 83.4 Å². The van der Waals surface area contributed by atoms with Crippen molar-refractivity contribution in [3.05, 3.63) is 169 Å². The number of para-hydroxylation sites is 3. The predicted octanol–water partition coefficient (Wildman–Crippen LogP) is 13.8. The summed E-state index contributed by atoms with van der Waals surface area (Å²) in [5.74, 6) is 1.45. The van der Waals surface area contributed by atoms with Crippen molar-refractivity contribution < 1.29 is 4.42 Å². The summed E-state index contributed by atoms with van der Waals surface area (Å²) in [6.07, 6.45) is 0. The van der Waals surface area contributed by atoms with Gasteiger partial charge in [-0.15, -0.1) is 0 Å². The van der Waals surface area contributed by atoms with Crippen LogP contribution in [0.5, 0.6) is 0 Å². The number of benzene rings is 7. The molecule has 0 aliphatic carbocycles. The lowest BCUT2D eigenvalue weighted by molar-refractivity contribution is 0.669. The Kier molecular flexibility index (Phi) is 7.85. The lowest BCUT2D eigenvalue weighted by Gasteiger charge is -2.24. The second-order valence-corrected chi connectivity index (χ2v) is 14.3. The molecule has 0 amide bonds. The number of fused-ring (bicyclic) bond motifs is 4. The molecule has 252 valence electrons. The molecule has 0 atom stereocenters. The largest absolute Gasteiger partial charge is 0.455 e. The zero-order valence-corrected chi connectivity index (χ0v) is 30.0. The number of aromatic nitrogens is 2. The van der Waals surface area contributed by atoms with E-state index in [0.29, 0.717) is 0 Å². The average Bonchev–Trinajstić information content (AvgIpc) is 3.76. The summed E-state index contributed by atoms with van der Waals surface area (Å²) in [7, 11) is 0. The second-order valence-electron chi connectivity index (χ2n) is 14.3. The van der Waals surface area contributed by atoms with Crippen molar-refractivity contribution in [2.24, 2.45) is 0 Å². The molecule has 2 aromatic heterocycles. The van der Waals surface area contributed by atoms with Gasteiger partial charge in [0.05, 0.1) is 22.3 Å². The quantitative estimate of drug-likeness (QED) is 0.169. The van der Waals surface area contributed by atoms with Crippen molar-refractivity contribution in [1.82, 2.24) is 9.55 Å². The third-order valence-corrected chi connectivity index (χ3v) is 10.4. The first-order valence-electron chi connectivity index (χ1n) is 18.3. The van der Waals surface area contributed by atoms with Crippen LogP contribution < -0.4 is 0 Å². The molecular weight excluding hydrogens is 633 g/mol. The lowest BCUT2D eigenvalue weighted by atomic mass is 9.88. The highest BCUT2D eigenvalue weighted by atomic mass is 16.3. The van der Waals surface area contributed by atoms with Gasteiger partial charge >= 0.3 is 0 Å². The molecule has 0 aliphatic rings. The van der Waals surface area contributed by atoms with Gasteiger partial charge < -0.3 is 4.42 Å². The second kappa shape index (κ2) is 12.9. The molecule has 3 nitrogen and oxygen atoms in total. The van der Waals surface area contributed by atoms with E-state index in [2.05, 4.69) is 190 Å². The first-order chi connectivity index (χ1) is 25.5. The molecule has 52 heavy (non-hydrogen) atoms. The van der Waals surface area contributed by atoms with E-state index in [4.69, 9.17) is 9.40 Å². The average molecular weight is 673 g/mol. The number of imidazole rings is 1. The lowest BCUT2D eigenvalue weighted by Crippen LogP contribution is -2.09. The Morgan fingerprint density at radius 3 is 1.77 bits per heavy atom. The molecule has 0 fully saturated rings. The minimum Gasteiger partial charge on any atom is -0.455 e. The summed E-state index contributed by atoms with van der Waals surface area (Å²) in [6, 6.07) is 56.3. The minimum absolute atomic E-state index is 0.282. The van der Waals surface area contributed by atoms with Crippen molar-refractivity contribution in [3.63, 3.8) is 0 Å². The normalized spacial score (nSPS) is 11.8. The van der Waals surface area contributed by atoms with Gasteiger partial charge in [-0.05, 0) is 98.8 Å². The van der Waals surface area contributed by atoms with Crippen LogP contribution in [-0.2, 0) is 0 Å². The van der Waals surface area contributed by atoms with Crippen LogP contribution in [0.15, 0.2) is 162 Å². The van der Waals surface area contributed by atoms with E-state index in [1.807, 2.05) is 0 Å². The van der Waals surface area contributed by atoms with Crippen LogP contribution in [0.1, 0.15) is 50.7 Å². The van der Waals surface area contributed by atoms with E-state index in [1.54, 1.807) is 0 Å². The topological polar surface area (TPSA) is 31.0 Å². The molecule has 0 N–H and O–H groups in total. The van der Waals surface area contributed by atoms with Gasteiger partial charge in [0.2, 0.25) is 0 Å². The number of furan rings is 1. The molecular formula is C49H40N2O. The monoisotopic (exact) mass is 672 g/mol. The number of nitrogens with zero attached hydrogens (tertiary/aromatic N) is 2. The fourth-order valence-electron chi connectivity index (χ4n) is 7.80. The van der Waals surface area contributed by atoms with E-state index in [0.717, 1.165) is 49.9 Å². The summed E-state index contributed by atoms with van der Waals surface area (Å²) in [6.45, 7) is 9.18. The molecule has 0 saturated carbocycles. The fraction of sp³-hybridized carbons (Fsp3) is 0.122. The van der Waals surface area contributed by atoms with Crippen LogP contribution in [0.4, 0.5) is 0 Å². The minimum atomic E-state index is 0.282. The van der Waals surface area contributed by atoms with E-state index in [-0.39, 0.29) is 11.8 Å². The maximum atomic E-state index is 6.81. The van der Waals surface area contributed by atoms with Crippen LogP contribution in [0.2, 0.25) is 0 Å². The van der Waals surface area contributed by atoms with Gasteiger partial charge in [-0.25, -0.2) is 4.98 Å². The Labute approximate surface area is 304 Å². The Morgan fingerprint density at radius 2 is 1.08 bits per heavy atom. The molecule has 0 bridgehead atoms. The van der Waals surface area contributed by atoms with Gasteiger partial charge in [-0.1, -0.05) is 143 Å². The third-order valence-electron chi connectivity index (χ3n) is 10.4. The number of hydrogen-bond donors (Lipinski definition) is 0. The van der Waals surface area contributed by atoms with Crippen molar-refractivity contribution in [2.45, 2.75) is 39.5 Å². The Bertz CT molecular complexity index is 2700. The maximum Gasteiger partial charge on any atom is 0.149 e. The van der Waals surface area contributed by atoms with E-state index >= 15 is 0 Å². The van der Waals surface area contributed by atoms with Gasteiger partial charge in [0, 0.05) is 10.8 Å². The highest BCUT2D eigenvalue weighted by Crippen LogP contribution is 2.43. The van der Waals surface area contributed by atoms with E-state index < -0.39 is 0 Å². The molecule has 0 spiro atoms. The van der Waals surface area contributed by atoms with Crippen LogP contribution >= 0.6 is 0 Å². The molecule has 3 heteroatoms. The zero-order valence-electron chi connectivity index (χ0n) is 30.0. The molecule has 9 rings (SSSR count). The Hall–Kier alpha value is -6.19. The Morgan fingerprint density at radius 1 is 0.481 bits per heavy atom. The highest BCUT2D eigenvalue weighted by molar-refractivity contribution is 6.11. The van der Waals surface area contributed by atoms with Crippen LogP contribution in [0.3, 0.4) is 0 Å². The number of hydrogen-bond acceptors (Lipinski definition) is 2. The van der Waals surface area contributed by atoms with Crippen LogP contribution in [0, 0.1) is 0 Å². The van der Waals surface area contributed by atoms with Crippen LogP contribution in [-0.4, -0.2) is 9.55 Å². The standard InChI is InChI=1S/C49H40N2O/c1-31(2)41-29-36(33-16-7-5-8-17-33)30-42(32(3)4)47(41)51-45-25-14-13-24-44(45)50-49(51)40-23-15-22-39-43-28-35(26-27-46(43)52-48(39)40)38-21-12-11-20-37(38)34-18-9-6-10-19-34/h5-32H,1-4H3. The molecule has 9 aromatic rings. The molecule has 7 aromatic carbocycles. The highest BCUT2D eigenvalue weighted by Gasteiger charge is 2.25. The molecule has 0 radical (unpaired) electrons. The van der Waals surface area contributed by atoms with Gasteiger partial charge in [-0.3, -0.25) is 4.57 Å². The number of rotatable bonds is 7. The van der Waals surface area contributed by atoms with Crippen molar-refractivity contribution in [1.29, 1.82) is 0 Å². The first-order valence-corrected chi connectivity index (χ1v) is 18.3. The summed E-state index contributed by atoms with van der Waals surface area (Å²) < 4.78 is 9.21. The zero-order chi connectivity index (χ0) is 35.3. The molecule has 0 unspecified atom stereocenters. The van der Waals surface area contributed by atoms with Gasteiger partial charge in [0.15, 0.2) is 0 Å². The van der Waals surface area contributed by atoms with Gasteiger partial charge in [0.25, 0.3) is 0 Å². The summed E-state index contributed by atoms with van der Waals surface area (Å²) in [5, 5.41) is 2.18. The van der Waals surface area contributed by atoms with Crippen molar-refractivity contribution in [2.75, 3.05) is 0 Å². The molecule has 2 heterocycles. The van der Waals surface area contributed by atoms with Gasteiger partial charge in [-0.2, -0.15) is 0 Å². The van der Waals surface area contributed by atoms with Gasteiger partial charge in [0.1, 0.15) is 17.0 Å². The fourth-order valence-corrected chi connectivity index (χ4v) is 7.80. The Balaban J connectivity index is 1.28. The molecule has 0 saturated heterocycles. The summed E-state index contributed by atoms with van der Waals surface area (Å²) in [5.41, 5.74) is 15.8. The van der Waals surface area contributed by atoms with E-state index in [9.17, 15) is 0 Å². The van der Waals surface area contributed by atoms with E-state index in [1.165, 1.54) is 44.6 Å². The summed E-state index contributed by atoms with van der Waals surface area (Å²) in [4.78, 5) is 5.37.